The predicted molar refractivity (Wildman–Crippen MR) is 126 cm³/mol. The van der Waals surface area contributed by atoms with Gasteiger partial charge in [0.2, 0.25) is 0 Å². The van der Waals surface area contributed by atoms with E-state index in [0.717, 1.165) is 34.1 Å². The average Bonchev–Trinajstić information content (AvgIpc) is 3.19. The molecule has 1 aromatic heterocycles. The molecule has 0 spiro atoms. The van der Waals surface area contributed by atoms with E-state index >= 15 is 0 Å². The molecule has 0 saturated heterocycles. The van der Waals surface area contributed by atoms with Crippen molar-refractivity contribution in [3.63, 3.8) is 0 Å². The number of benzene rings is 3. The Morgan fingerprint density at radius 1 is 0.969 bits per heavy atom. The predicted octanol–water partition coefficient (Wildman–Crippen LogP) is 4.70. The number of nitrogens with zero attached hydrogens (tertiary/aromatic N) is 3. The lowest BCUT2D eigenvalue weighted by molar-refractivity contribution is 0.354. The summed E-state index contributed by atoms with van der Waals surface area (Å²) in [6.07, 6.45) is 3.95. The Labute approximate surface area is 187 Å². The highest BCUT2D eigenvalue weighted by molar-refractivity contribution is 5.99. The molecule has 0 bridgehead atoms. The third kappa shape index (κ3) is 4.57. The van der Waals surface area contributed by atoms with E-state index < -0.39 is 0 Å². The number of hydrogen-bond acceptors (Lipinski definition) is 5. The van der Waals surface area contributed by atoms with Crippen molar-refractivity contribution in [2.24, 2.45) is 5.10 Å². The smallest absolute Gasteiger partial charge is 0.161 e. The Kier molecular flexibility index (Phi) is 6.38. The zero-order valence-electron chi connectivity index (χ0n) is 18.1. The molecule has 0 fully saturated rings. The van der Waals surface area contributed by atoms with Gasteiger partial charge in [-0.15, -0.1) is 0 Å². The fraction of sp³-hybridized carbons (Fsp3) is 0.154. The summed E-state index contributed by atoms with van der Waals surface area (Å²) in [5, 5.41) is 14.6. The molecule has 160 valence electrons. The number of nitrogens with one attached hydrogen (secondary N) is 1. The van der Waals surface area contributed by atoms with Crippen molar-refractivity contribution in [1.29, 1.82) is 5.26 Å². The minimum atomic E-state index is 0.570. The number of nitriles is 1. The van der Waals surface area contributed by atoms with Gasteiger partial charge in [0, 0.05) is 29.2 Å². The van der Waals surface area contributed by atoms with Crippen molar-refractivity contribution in [2.45, 2.75) is 13.1 Å². The van der Waals surface area contributed by atoms with E-state index in [-0.39, 0.29) is 0 Å². The first-order valence-electron chi connectivity index (χ1n) is 10.3. The van der Waals surface area contributed by atoms with E-state index in [0.29, 0.717) is 23.6 Å². The van der Waals surface area contributed by atoms with E-state index in [1.54, 1.807) is 14.2 Å². The molecule has 1 N–H and O–H groups in total. The molecule has 4 rings (SSSR count). The number of hydrogen-bond donors (Lipinski definition) is 1. The van der Waals surface area contributed by atoms with Gasteiger partial charge < -0.3 is 19.5 Å². The summed E-state index contributed by atoms with van der Waals surface area (Å²) in [7, 11) is 3.25. The van der Waals surface area contributed by atoms with Gasteiger partial charge in [0.15, 0.2) is 11.5 Å². The third-order valence-electron chi connectivity index (χ3n) is 5.28. The van der Waals surface area contributed by atoms with Gasteiger partial charge in [-0.1, -0.05) is 36.4 Å². The average molecular weight is 425 g/mol. The quantitative estimate of drug-likeness (QED) is 0.329. The first kappa shape index (κ1) is 21.0. The van der Waals surface area contributed by atoms with Crippen LogP contribution in [0.15, 0.2) is 78.0 Å². The Morgan fingerprint density at radius 3 is 2.47 bits per heavy atom. The fourth-order valence-corrected chi connectivity index (χ4v) is 3.63. The molecule has 32 heavy (non-hydrogen) atoms. The molecule has 6 heteroatoms. The summed E-state index contributed by atoms with van der Waals surface area (Å²) < 4.78 is 12.8. The first-order chi connectivity index (χ1) is 15.7. The lowest BCUT2D eigenvalue weighted by Crippen LogP contribution is -2.06. The van der Waals surface area contributed by atoms with Crippen molar-refractivity contribution in [3.05, 3.63) is 95.2 Å². The summed E-state index contributed by atoms with van der Waals surface area (Å²) in [6, 6.07) is 23.9. The summed E-state index contributed by atoms with van der Waals surface area (Å²) >= 11 is 0. The van der Waals surface area contributed by atoms with Crippen LogP contribution in [0, 0.1) is 11.3 Å². The van der Waals surface area contributed by atoms with E-state index in [4.69, 9.17) is 14.7 Å². The Balaban J connectivity index is 1.49. The van der Waals surface area contributed by atoms with Crippen LogP contribution in [-0.4, -0.2) is 25.0 Å². The molecular weight excluding hydrogens is 400 g/mol. The van der Waals surface area contributed by atoms with Crippen LogP contribution >= 0.6 is 0 Å². The van der Waals surface area contributed by atoms with Gasteiger partial charge in [0.05, 0.1) is 38.6 Å². The molecule has 1 heterocycles. The van der Waals surface area contributed by atoms with Gasteiger partial charge in [0.1, 0.15) is 0 Å². The number of aromatic nitrogens is 1. The number of hydrazone groups is 1. The van der Waals surface area contributed by atoms with Crippen LogP contribution < -0.4 is 14.9 Å². The number of ether oxygens (including phenoxy) is 2. The third-order valence-corrected chi connectivity index (χ3v) is 5.28. The van der Waals surface area contributed by atoms with Crippen LogP contribution in [0.3, 0.4) is 0 Å². The zero-order chi connectivity index (χ0) is 22.3. The minimum absolute atomic E-state index is 0.570. The molecule has 3 aromatic carbocycles. The van der Waals surface area contributed by atoms with Gasteiger partial charge in [-0.2, -0.15) is 10.4 Å². The van der Waals surface area contributed by atoms with E-state index in [1.807, 2.05) is 60.8 Å². The van der Waals surface area contributed by atoms with Gasteiger partial charge >= 0.3 is 0 Å². The fourth-order valence-electron chi connectivity index (χ4n) is 3.63. The summed E-state index contributed by atoms with van der Waals surface area (Å²) in [5.41, 5.74) is 8.13. The summed E-state index contributed by atoms with van der Waals surface area (Å²) in [6.45, 7) is 1.29. The molecule has 0 atom stereocenters. The van der Waals surface area contributed by atoms with Crippen LogP contribution in [0.5, 0.6) is 11.5 Å². The first-order valence-corrected chi connectivity index (χ1v) is 10.3. The highest BCUT2D eigenvalue weighted by Crippen LogP contribution is 2.27. The van der Waals surface area contributed by atoms with Crippen LogP contribution in [0.4, 0.5) is 0 Å². The van der Waals surface area contributed by atoms with Crippen LogP contribution in [0.2, 0.25) is 0 Å². The Bertz CT molecular complexity index is 1280. The lowest BCUT2D eigenvalue weighted by atomic mass is 10.1. The lowest BCUT2D eigenvalue weighted by Gasteiger charge is -2.09. The highest BCUT2D eigenvalue weighted by atomic mass is 16.5. The van der Waals surface area contributed by atoms with Crippen LogP contribution in [0.1, 0.15) is 22.3 Å². The van der Waals surface area contributed by atoms with Crippen LogP contribution in [-0.2, 0) is 13.1 Å². The maximum Gasteiger partial charge on any atom is 0.161 e. The van der Waals surface area contributed by atoms with E-state index in [9.17, 15) is 0 Å². The normalized spacial score (nSPS) is 10.9. The minimum Gasteiger partial charge on any atom is -0.493 e. The molecular formula is C26H24N4O2. The summed E-state index contributed by atoms with van der Waals surface area (Å²) in [4.78, 5) is 0. The van der Waals surface area contributed by atoms with Gasteiger partial charge in [-0.3, -0.25) is 0 Å². The second-order valence-corrected chi connectivity index (χ2v) is 7.32. The Morgan fingerprint density at radius 2 is 1.72 bits per heavy atom. The molecule has 0 amide bonds. The second kappa shape index (κ2) is 9.71. The molecule has 6 nitrogen and oxygen atoms in total. The van der Waals surface area contributed by atoms with E-state index in [2.05, 4.69) is 39.5 Å². The standard InChI is InChI=1S/C26H24N4O2/c1-31-25-12-11-21(13-26(25)32-2)15-28-29-16-22-18-30(24-6-4-3-5-23(22)24)17-20-9-7-19(14-27)8-10-20/h3-13,16,18,28H,15,17H2,1-2H3/b29-16+. The molecule has 0 aliphatic heterocycles. The van der Waals surface area contributed by atoms with Crippen molar-refractivity contribution < 1.29 is 9.47 Å². The number of para-hydroxylation sites is 1. The highest BCUT2D eigenvalue weighted by Gasteiger charge is 2.08. The number of methoxy groups -OCH3 is 2. The SMILES string of the molecule is COc1ccc(CN/N=C/c2cn(Cc3ccc(C#N)cc3)c3ccccc23)cc1OC. The molecule has 0 saturated carbocycles. The molecule has 0 aliphatic rings. The maximum atomic E-state index is 9.00. The van der Waals surface area contributed by atoms with Gasteiger partial charge in [-0.25, -0.2) is 0 Å². The van der Waals surface area contributed by atoms with Crippen molar-refractivity contribution >= 4 is 17.1 Å². The zero-order valence-corrected chi connectivity index (χ0v) is 18.1. The van der Waals surface area contributed by atoms with Gasteiger partial charge in [0.25, 0.3) is 0 Å². The van der Waals surface area contributed by atoms with Crippen molar-refractivity contribution in [3.8, 4) is 17.6 Å². The van der Waals surface area contributed by atoms with Crippen molar-refractivity contribution in [2.75, 3.05) is 14.2 Å². The second-order valence-electron chi connectivity index (χ2n) is 7.32. The monoisotopic (exact) mass is 424 g/mol. The largest absolute Gasteiger partial charge is 0.493 e. The number of fused-ring (bicyclic) bond motifs is 1. The molecule has 0 aliphatic carbocycles. The topological polar surface area (TPSA) is 71.6 Å². The van der Waals surface area contributed by atoms with Crippen LogP contribution in [0.25, 0.3) is 10.9 Å². The Hall–Kier alpha value is -4.24. The summed E-state index contributed by atoms with van der Waals surface area (Å²) in [5.74, 6) is 1.40. The van der Waals surface area contributed by atoms with E-state index in [1.165, 1.54) is 0 Å². The maximum absolute atomic E-state index is 9.00. The molecule has 4 aromatic rings. The van der Waals surface area contributed by atoms with Crippen molar-refractivity contribution in [1.82, 2.24) is 9.99 Å². The van der Waals surface area contributed by atoms with Gasteiger partial charge in [-0.05, 0) is 41.5 Å². The molecule has 0 radical (unpaired) electrons. The number of rotatable bonds is 8. The molecule has 0 unspecified atom stereocenters.